The molecular formula is C18H14FN3OS. The Morgan fingerprint density at radius 3 is 2.75 bits per heavy atom. The number of hydrogen-bond acceptors (Lipinski definition) is 4. The van der Waals surface area contributed by atoms with Gasteiger partial charge in [0.2, 0.25) is 0 Å². The summed E-state index contributed by atoms with van der Waals surface area (Å²) in [6.07, 6.45) is 0. The van der Waals surface area contributed by atoms with Crippen LogP contribution in [0.1, 0.15) is 12.5 Å². The number of para-hydroxylation sites is 1. The summed E-state index contributed by atoms with van der Waals surface area (Å²) in [7, 11) is 0. The predicted octanol–water partition coefficient (Wildman–Crippen LogP) is 3.84. The van der Waals surface area contributed by atoms with Crippen molar-refractivity contribution in [1.82, 2.24) is 9.55 Å². The van der Waals surface area contributed by atoms with Crippen molar-refractivity contribution < 1.29 is 4.39 Å². The summed E-state index contributed by atoms with van der Waals surface area (Å²) in [6, 6.07) is 13.7. The number of halogens is 1. The molecule has 0 aliphatic heterocycles. The van der Waals surface area contributed by atoms with Crippen molar-refractivity contribution in [3.8, 4) is 11.8 Å². The number of benzene rings is 2. The van der Waals surface area contributed by atoms with E-state index in [0.717, 1.165) is 0 Å². The van der Waals surface area contributed by atoms with E-state index in [1.54, 1.807) is 50.2 Å². The zero-order valence-corrected chi connectivity index (χ0v) is 14.0. The maximum Gasteiger partial charge on any atom is 0.266 e. The Hall–Kier alpha value is -2.65. The molecule has 0 amide bonds. The van der Waals surface area contributed by atoms with E-state index in [2.05, 4.69) is 11.1 Å². The molecule has 120 valence electrons. The number of aryl methyl sites for hydroxylation is 1. The largest absolute Gasteiger partial charge is 0.268 e. The lowest BCUT2D eigenvalue weighted by Crippen LogP contribution is -2.22. The third-order valence-electron chi connectivity index (χ3n) is 3.62. The first-order valence-electron chi connectivity index (χ1n) is 7.36. The Balaban J connectivity index is 2.32. The van der Waals surface area contributed by atoms with Crippen LogP contribution in [-0.2, 0) is 0 Å². The summed E-state index contributed by atoms with van der Waals surface area (Å²) < 4.78 is 15.3. The Bertz CT molecular complexity index is 1020. The van der Waals surface area contributed by atoms with Gasteiger partial charge < -0.3 is 0 Å². The van der Waals surface area contributed by atoms with Crippen molar-refractivity contribution in [3.63, 3.8) is 0 Å². The number of fused-ring (bicyclic) bond motifs is 1. The molecule has 1 atom stereocenters. The molecule has 0 saturated carbocycles. The summed E-state index contributed by atoms with van der Waals surface area (Å²) in [4.78, 5) is 17.4. The lowest BCUT2D eigenvalue weighted by Gasteiger charge is -2.14. The number of hydrogen-bond donors (Lipinski definition) is 0. The summed E-state index contributed by atoms with van der Waals surface area (Å²) in [5.74, 6) is -0.392. The minimum Gasteiger partial charge on any atom is -0.268 e. The first kappa shape index (κ1) is 16.2. The highest BCUT2D eigenvalue weighted by Gasteiger charge is 2.16. The van der Waals surface area contributed by atoms with Gasteiger partial charge in [-0.15, -0.1) is 0 Å². The van der Waals surface area contributed by atoms with E-state index in [4.69, 9.17) is 5.26 Å². The highest BCUT2D eigenvalue weighted by Crippen LogP contribution is 2.25. The Kier molecular flexibility index (Phi) is 4.36. The maximum absolute atomic E-state index is 14.0. The minimum absolute atomic E-state index is 0.281. The Morgan fingerprint density at radius 1 is 1.29 bits per heavy atom. The highest BCUT2D eigenvalue weighted by atomic mass is 32.2. The van der Waals surface area contributed by atoms with Gasteiger partial charge >= 0.3 is 0 Å². The minimum atomic E-state index is -0.392. The van der Waals surface area contributed by atoms with E-state index in [-0.39, 0.29) is 10.8 Å². The van der Waals surface area contributed by atoms with Crippen LogP contribution in [0.2, 0.25) is 0 Å². The number of aromatic nitrogens is 2. The van der Waals surface area contributed by atoms with Crippen molar-refractivity contribution in [3.05, 3.63) is 64.2 Å². The summed E-state index contributed by atoms with van der Waals surface area (Å²) in [6.45, 7) is 3.39. The van der Waals surface area contributed by atoms with E-state index >= 15 is 0 Å². The predicted molar refractivity (Wildman–Crippen MR) is 93.0 cm³/mol. The number of thioether (sulfide) groups is 1. The third kappa shape index (κ3) is 2.91. The molecule has 3 aromatic rings. The Labute approximate surface area is 142 Å². The van der Waals surface area contributed by atoms with E-state index in [0.29, 0.717) is 27.3 Å². The topological polar surface area (TPSA) is 58.7 Å². The normalized spacial score (nSPS) is 12.1. The molecule has 1 heterocycles. The highest BCUT2D eigenvalue weighted by molar-refractivity contribution is 8.00. The number of nitriles is 1. The molecule has 3 rings (SSSR count). The second kappa shape index (κ2) is 6.46. The van der Waals surface area contributed by atoms with Crippen LogP contribution >= 0.6 is 11.8 Å². The summed E-state index contributed by atoms with van der Waals surface area (Å²) >= 11 is 1.17. The van der Waals surface area contributed by atoms with Crippen molar-refractivity contribution in [1.29, 1.82) is 5.26 Å². The first-order valence-corrected chi connectivity index (χ1v) is 8.24. The summed E-state index contributed by atoms with van der Waals surface area (Å²) in [5.41, 5.74) is 1.17. The smallest absolute Gasteiger partial charge is 0.266 e. The molecule has 1 aromatic heterocycles. The standard InChI is InChI=1S/C18H14FN3OS/c1-11-7-8-13(9-15(11)19)22-17(23)14-5-3-4-6-16(14)21-18(22)24-12(2)10-20/h3-9,12H,1-2H3/t12-/m0/s1. The van der Waals surface area contributed by atoms with Crippen LogP contribution in [0.5, 0.6) is 0 Å². The van der Waals surface area contributed by atoms with Crippen molar-refractivity contribution in [2.24, 2.45) is 0 Å². The Morgan fingerprint density at radius 2 is 2.04 bits per heavy atom. The van der Waals surface area contributed by atoms with Crippen LogP contribution in [0, 0.1) is 24.1 Å². The zero-order chi connectivity index (χ0) is 17.3. The van der Waals surface area contributed by atoms with Crippen LogP contribution in [0.3, 0.4) is 0 Å². The van der Waals surface area contributed by atoms with Crippen molar-refractivity contribution in [2.45, 2.75) is 24.3 Å². The summed E-state index contributed by atoms with van der Waals surface area (Å²) in [5, 5.41) is 9.51. The molecular weight excluding hydrogens is 325 g/mol. The quantitative estimate of drug-likeness (QED) is 0.537. The molecule has 24 heavy (non-hydrogen) atoms. The van der Waals surface area contributed by atoms with Gasteiger partial charge in [-0.2, -0.15) is 5.26 Å². The van der Waals surface area contributed by atoms with E-state index < -0.39 is 5.82 Å². The fourth-order valence-electron chi connectivity index (χ4n) is 2.32. The fraction of sp³-hybridized carbons (Fsp3) is 0.167. The van der Waals surface area contributed by atoms with Gasteiger partial charge in [-0.05, 0) is 43.7 Å². The number of nitrogens with zero attached hydrogens (tertiary/aromatic N) is 3. The van der Waals surface area contributed by atoms with Crippen LogP contribution < -0.4 is 5.56 Å². The zero-order valence-electron chi connectivity index (χ0n) is 13.2. The van der Waals surface area contributed by atoms with E-state index in [1.165, 1.54) is 22.4 Å². The van der Waals surface area contributed by atoms with Crippen molar-refractivity contribution >= 4 is 22.7 Å². The maximum atomic E-state index is 14.0. The second-order valence-corrected chi connectivity index (χ2v) is 6.68. The van der Waals surface area contributed by atoms with Gasteiger partial charge in [-0.3, -0.25) is 9.36 Å². The molecule has 0 aliphatic carbocycles. The average molecular weight is 339 g/mol. The van der Waals surface area contributed by atoms with E-state index in [9.17, 15) is 9.18 Å². The van der Waals surface area contributed by atoms with Gasteiger partial charge in [0.05, 0.1) is 27.9 Å². The molecule has 0 aliphatic rings. The van der Waals surface area contributed by atoms with Gasteiger partial charge in [0.15, 0.2) is 5.16 Å². The monoisotopic (exact) mass is 339 g/mol. The van der Waals surface area contributed by atoms with Crippen LogP contribution in [0.25, 0.3) is 16.6 Å². The average Bonchev–Trinajstić information content (AvgIpc) is 2.58. The van der Waals surface area contributed by atoms with Crippen molar-refractivity contribution in [2.75, 3.05) is 0 Å². The third-order valence-corrected chi connectivity index (χ3v) is 4.57. The van der Waals surface area contributed by atoms with Gasteiger partial charge in [0.1, 0.15) is 5.82 Å². The van der Waals surface area contributed by atoms with Crippen LogP contribution in [0.15, 0.2) is 52.4 Å². The SMILES string of the molecule is Cc1ccc(-n2c(S[C@@H](C)C#N)nc3ccccc3c2=O)cc1F. The van der Waals surface area contributed by atoms with Gasteiger partial charge in [0.25, 0.3) is 5.56 Å². The molecule has 6 heteroatoms. The molecule has 0 spiro atoms. The first-order chi connectivity index (χ1) is 11.5. The molecule has 0 N–H and O–H groups in total. The molecule has 0 fully saturated rings. The fourth-order valence-corrected chi connectivity index (χ4v) is 3.14. The molecule has 4 nitrogen and oxygen atoms in total. The number of rotatable bonds is 3. The lowest BCUT2D eigenvalue weighted by atomic mass is 10.2. The second-order valence-electron chi connectivity index (χ2n) is 5.37. The molecule has 0 saturated heterocycles. The van der Waals surface area contributed by atoms with Crippen LogP contribution in [0.4, 0.5) is 4.39 Å². The molecule has 0 radical (unpaired) electrons. The van der Waals surface area contributed by atoms with E-state index in [1.807, 2.05) is 0 Å². The van der Waals surface area contributed by atoms with Gasteiger partial charge in [0, 0.05) is 0 Å². The molecule has 0 bridgehead atoms. The lowest BCUT2D eigenvalue weighted by molar-refractivity contribution is 0.615. The molecule has 2 aromatic carbocycles. The van der Waals surface area contributed by atoms with Crippen LogP contribution in [-0.4, -0.2) is 14.8 Å². The van der Waals surface area contributed by atoms with Gasteiger partial charge in [-0.25, -0.2) is 9.37 Å². The molecule has 0 unspecified atom stereocenters. The van der Waals surface area contributed by atoms with Gasteiger partial charge in [-0.1, -0.05) is 30.0 Å².